The van der Waals surface area contributed by atoms with Gasteiger partial charge < -0.3 is 24.1 Å². The summed E-state index contributed by atoms with van der Waals surface area (Å²) >= 11 is 0.942. The average molecular weight is 671 g/mol. The van der Waals surface area contributed by atoms with Crippen LogP contribution >= 0.6 is 11.3 Å². The third kappa shape index (κ3) is 7.06. The molecule has 1 saturated heterocycles. The fourth-order valence-electron chi connectivity index (χ4n) is 5.31. The highest BCUT2D eigenvalue weighted by molar-refractivity contribution is 7.17. The van der Waals surface area contributed by atoms with E-state index >= 15 is 0 Å². The number of hydrogen-bond acceptors (Lipinski definition) is 10. The van der Waals surface area contributed by atoms with Crippen LogP contribution in [0.15, 0.2) is 72.3 Å². The van der Waals surface area contributed by atoms with Crippen LogP contribution in [0.2, 0.25) is 0 Å². The first-order chi connectivity index (χ1) is 23.2. The molecule has 0 bridgehead atoms. The number of carbonyl (C=O) groups is 3. The molecule has 1 fully saturated rings. The lowest BCUT2D eigenvalue weighted by Gasteiger charge is -2.24. The third-order valence-corrected chi connectivity index (χ3v) is 9.08. The monoisotopic (exact) mass is 670 g/mol. The smallest absolute Gasteiger partial charge is 0.350 e. The van der Waals surface area contributed by atoms with Crippen LogP contribution in [0, 0.1) is 13.8 Å². The highest BCUT2D eigenvalue weighted by Crippen LogP contribution is 2.45. The van der Waals surface area contributed by atoms with Gasteiger partial charge in [-0.05, 0) is 80.3 Å². The first-order valence-corrected chi connectivity index (χ1v) is 16.5. The Morgan fingerprint density at radius 3 is 2.42 bits per heavy atom. The van der Waals surface area contributed by atoms with Gasteiger partial charge in [-0.2, -0.15) is 0 Å². The van der Waals surface area contributed by atoms with Gasteiger partial charge in [0.25, 0.3) is 5.78 Å². The third-order valence-electron chi connectivity index (χ3n) is 7.94. The molecule has 1 aliphatic heterocycles. The highest BCUT2D eigenvalue weighted by atomic mass is 32.1. The topological polar surface area (TPSA) is 124 Å². The zero-order valence-electron chi connectivity index (χ0n) is 27.6. The molecule has 11 heteroatoms. The highest BCUT2D eigenvalue weighted by Gasteiger charge is 2.48. The van der Waals surface area contributed by atoms with Crippen molar-refractivity contribution in [1.82, 2.24) is 4.98 Å². The molecule has 10 nitrogen and oxygen atoms in total. The Hall–Kier alpha value is -5.16. The van der Waals surface area contributed by atoms with Gasteiger partial charge in [0.2, 0.25) is 0 Å². The lowest BCUT2D eigenvalue weighted by atomic mass is 9.95. The summed E-state index contributed by atoms with van der Waals surface area (Å²) in [5.74, 6) is -1.27. The van der Waals surface area contributed by atoms with E-state index in [4.69, 9.17) is 18.9 Å². The number of aryl methyl sites for hydroxylation is 2. The fourth-order valence-corrected chi connectivity index (χ4v) is 6.30. The number of Topliss-reactive ketones (excluding diaryl/α,β-unsaturated/α-hetero) is 1. The van der Waals surface area contributed by atoms with Crippen molar-refractivity contribution in [3.8, 4) is 17.2 Å². The molecule has 1 aromatic heterocycles. The SMILES string of the molecule is CCCCOc1ccc(C2/C(=C(\O)c3ccc(OCc4ccccc4C)cc3)C(=O)C(=O)N2c2nc(C)c(C(=O)OCC)s2)cc1OC. The molecule has 1 N–H and O–H groups in total. The van der Waals surface area contributed by atoms with Crippen molar-refractivity contribution in [2.24, 2.45) is 0 Å². The summed E-state index contributed by atoms with van der Waals surface area (Å²) in [4.78, 5) is 46.1. The van der Waals surface area contributed by atoms with Gasteiger partial charge in [0.05, 0.1) is 37.6 Å². The van der Waals surface area contributed by atoms with Gasteiger partial charge in [-0.25, -0.2) is 9.78 Å². The Morgan fingerprint density at radius 2 is 1.73 bits per heavy atom. The van der Waals surface area contributed by atoms with Gasteiger partial charge in [0, 0.05) is 5.56 Å². The number of nitrogens with zero attached hydrogens (tertiary/aromatic N) is 2. The van der Waals surface area contributed by atoms with Crippen LogP contribution in [0.4, 0.5) is 5.13 Å². The number of unbranched alkanes of at least 4 members (excludes halogenated alkanes) is 1. The fraction of sp³-hybridized carbons (Fsp3) is 0.297. The average Bonchev–Trinajstić information content (AvgIpc) is 3.60. The molecular formula is C37H38N2O8S. The summed E-state index contributed by atoms with van der Waals surface area (Å²) in [6, 6.07) is 18.6. The molecule has 0 aliphatic carbocycles. The maximum absolute atomic E-state index is 13.8. The summed E-state index contributed by atoms with van der Waals surface area (Å²) in [7, 11) is 1.50. The normalized spacial score (nSPS) is 15.4. The number of ketones is 1. The molecule has 1 aliphatic rings. The number of benzene rings is 3. The lowest BCUT2D eigenvalue weighted by molar-refractivity contribution is -0.132. The Kier molecular flexibility index (Phi) is 10.8. The predicted molar refractivity (Wildman–Crippen MR) is 183 cm³/mol. The number of anilines is 1. The van der Waals surface area contributed by atoms with Crippen LogP contribution in [-0.4, -0.2) is 48.1 Å². The summed E-state index contributed by atoms with van der Waals surface area (Å²) in [6.45, 7) is 8.42. The van der Waals surface area contributed by atoms with Crippen molar-refractivity contribution in [3.05, 3.63) is 105 Å². The van der Waals surface area contributed by atoms with E-state index in [1.54, 1.807) is 56.3 Å². The molecule has 0 radical (unpaired) electrons. The van der Waals surface area contributed by atoms with Crippen molar-refractivity contribution in [2.45, 2.75) is 53.2 Å². The molecule has 2 heterocycles. The number of amides is 1. The molecular weight excluding hydrogens is 632 g/mol. The van der Waals surface area contributed by atoms with Gasteiger partial charge in [-0.1, -0.05) is 55.0 Å². The Bertz CT molecular complexity index is 1850. The second-order valence-corrected chi connectivity index (χ2v) is 12.1. The Morgan fingerprint density at radius 1 is 0.979 bits per heavy atom. The van der Waals surface area contributed by atoms with Crippen molar-refractivity contribution in [3.63, 3.8) is 0 Å². The van der Waals surface area contributed by atoms with Crippen LogP contribution in [0.3, 0.4) is 0 Å². The quantitative estimate of drug-likeness (QED) is 0.0512. The van der Waals surface area contributed by atoms with Gasteiger partial charge >= 0.3 is 11.9 Å². The van der Waals surface area contributed by atoms with Crippen LogP contribution in [-0.2, 0) is 20.9 Å². The molecule has 0 spiro atoms. The van der Waals surface area contributed by atoms with Crippen molar-refractivity contribution < 1.29 is 38.4 Å². The minimum absolute atomic E-state index is 0.115. The maximum atomic E-state index is 13.8. The van der Waals surface area contributed by atoms with E-state index in [2.05, 4.69) is 11.9 Å². The Balaban J connectivity index is 1.56. The summed E-state index contributed by atoms with van der Waals surface area (Å²) in [6.07, 6.45) is 1.81. The first-order valence-electron chi connectivity index (χ1n) is 15.7. The molecule has 5 rings (SSSR count). The number of carbonyl (C=O) groups excluding carboxylic acids is 3. The molecule has 250 valence electrons. The van der Waals surface area contributed by atoms with E-state index < -0.39 is 23.7 Å². The van der Waals surface area contributed by atoms with E-state index in [1.165, 1.54) is 12.0 Å². The van der Waals surface area contributed by atoms with Crippen LogP contribution in [0.25, 0.3) is 5.76 Å². The maximum Gasteiger partial charge on any atom is 0.350 e. The zero-order valence-corrected chi connectivity index (χ0v) is 28.4. The number of methoxy groups -OCH3 is 1. The van der Waals surface area contributed by atoms with Crippen molar-refractivity contribution >= 4 is 39.9 Å². The van der Waals surface area contributed by atoms with Gasteiger partial charge in [-0.15, -0.1) is 0 Å². The van der Waals surface area contributed by atoms with Crippen molar-refractivity contribution in [1.29, 1.82) is 0 Å². The van der Waals surface area contributed by atoms with Crippen LogP contribution < -0.4 is 19.1 Å². The number of rotatable bonds is 13. The van der Waals surface area contributed by atoms with E-state index in [0.29, 0.717) is 47.3 Å². The number of esters is 1. The van der Waals surface area contributed by atoms with E-state index in [0.717, 1.165) is 35.3 Å². The minimum Gasteiger partial charge on any atom is -0.507 e. The molecule has 3 aromatic carbocycles. The lowest BCUT2D eigenvalue weighted by Crippen LogP contribution is -2.29. The van der Waals surface area contributed by atoms with E-state index in [1.807, 2.05) is 31.2 Å². The van der Waals surface area contributed by atoms with Crippen LogP contribution in [0.5, 0.6) is 17.2 Å². The van der Waals surface area contributed by atoms with E-state index in [9.17, 15) is 19.5 Å². The van der Waals surface area contributed by atoms with Gasteiger partial charge in [-0.3, -0.25) is 14.5 Å². The molecule has 0 saturated carbocycles. The van der Waals surface area contributed by atoms with E-state index in [-0.39, 0.29) is 27.9 Å². The molecule has 4 aromatic rings. The molecule has 48 heavy (non-hydrogen) atoms. The zero-order chi connectivity index (χ0) is 34.4. The number of aromatic nitrogens is 1. The molecule has 1 atom stereocenters. The first kappa shape index (κ1) is 34.2. The number of hydrogen-bond donors (Lipinski definition) is 1. The standard InChI is InChI=1S/C37H38N2O8S/c1-6-8-19-46-28-18-15-25(20-29(28)44-5)31-30(33(41)35(42)39(31)37-38-23(4)34(48-37)36(43)45-7-2)32(40)24-13-16-27(17-14-24)47-21-26-12-10-9-11-22(26)3/h9-18,20,31,40H,6-8,19,21H2,1-5H3/b32-30+. The predicted octanol–water partition coefficient (Wildman–Crippen LogP) is 7.33. The second kappa shape index (κ2) is 15.2. The number of aliphatic hydroxyl groups excluding tert-OH is 1. The Labute approximate surface area is 283 Å². The summed E-state index contributed by atoms with van der Waals surface area (Å²) in [5.41, 5.74) is 3.16. The van der Waals surface area contributed by atoms with Crippen molar-refractivity contribution in [2.75, 3.05) is 25.2 Å². The summed E-state index contributed by atoms with van der Waals surface area (Å²) < 4.78 is 22.7. The second-order valence-electron chi connectivity index (χ2n) is 11.2. The largest absolute Gasteiger partial charge is 0.507 e. The minimum atomic E-state index is -1.10. The summed E-state index contributed by atoms with van der Waals surface area (Å²) in [5, 5.41) is 11.8. The number of thiazole rings is 1. The van der Waals surface area contributed by atoms with Crippen LogP contribution in [0.1, 0.15) is 70.4 Å². The number of ether oxygens (including phenoxy) is 4. The molecule has 1 unspecified atom stereocenters. The van der Waals surface area contributed by atoms with Gasteiger partial charge in [0.1, 0.15) is 23.0 Å². The van der Waals surface area contributed by atoms with Gasteiger partial charge in [0.15, 0.2) is 16.6 Å². The molecule has 1 amide bonds. The number of aliphatic hydroxyl groups is 1.